The third kappa shape index (κ3) is 3.39. The van der Waals surface area contributed by atoms with Gasteiger partial charge in [-0.15, -0.1) is 0 Å². The third-order valence-electron chi connectivity index (χ3n) is 3.35. The first-order valence-electron chi connectivity index (χ1n) is 7.28. The minimum absolute atomic E-state index is 0.135. The number of rotatable bonds is 3. The van der Waals surface area contributed by atoms with E-state index < -0.39 is 19.9 Å². The van der Waals surface area contributed by atoms with Crippen LogP contribution < -0.4 is 0 Å². The second-order valence-corrected chi connectivity index (χ2v) is 12.9. The summed E-state index contributed by atoms with van der Waals surface area (Å²) in [4.78, 5) is 2.32. The third-order valence-corrected chi connectivity index (χ3v) is 9.36. The first-order chi connectivity index (χ1) is 10.2. The van der Waals surface area contributed by atoms with Gasteiger partial charge < -0.3 is 0 Å². The van der Waals surface area contributed by atoms with Gasteiger partial charge in [-0.1, -0.05) is 67.4 Å². The number of hydrogen-bond donors (Lipinski definition) is 0. The van der Waals surface area contributed by atoms with E-state index in [1.807, 2.05) is 36.4 Å². The molecule has 0 fully saturated rings. The maximum absolute atomic E-state index is 12.6. The summed E-state index contributed by atoms with van der Waals surface area (Å²) in [5.41, 5.74) is 0. The summed E-state index contributed by atoms with van der Waals surface area (Å²) >= 11 is 0. The summed E-state index contributed by atoms with van der Waals surface area (Å²) in [6.45, 7) is 6.57. The standard InChI is InChI=1S/C18H25NOS2/c1-18(2,3)22(19-21(4,5)20,16-12-8-6-9-13-16)17-14-10-7-11-15-17/h6-15H,1-5H3. The Morgan fingerprint density at radius 1 is 0.773 bits per heavy atom. The molecule has 0 radical (unpaired) electrons. The molecule has 0 aliphatic heterocycles. The number of hydrogen-bond acceptors (Lipinski definition) is 2. The molecule has 120 valence electrons. The van der Waals surface area contributed by atoms with Crippen molar-refractivity contribution in [3.63, 3.8) is 0 Å². The zero-order valence-electron chi connectivity index (χ0n) is 13.9. The van der Waals surface area contributed by atoms with Crippen LogP contribution in [0.4, 0.5) is 0 Å². The van der Waals surface area contributed by atoms with Gasteiger partial charge in [0.15, 0.2) is 0 Å². The molecule has 2 aromatic rings. The first-order valence-corrected chi connectivity index (χ1v) is 11.2. The fourth-order valence-corrected chi connectivity index (χ4v) is 9.07. The van der Waals surface area contributed by atoms with E-state index in [4.69, 9.17) is 3.77 Å². The van der Waals surface area contributed by atoms with E-state index in [9.17, 15) is 4.21 Å². The highest BCUT2D eigenvalue weighted by Crippen LogP contribution is 2.72. The Bertz CT molecular complexity index is 692. The van der Waals surface area contributed by atoms with Crippen molar-refractivity contribution >= 4 is 19.9 Å². The van der Waals surface area contributed by atoms with Crippen molar-refractivity contribution in [2.75, 3.05) is 12.5 Å². The smallest absolute Gasteiger partial charge is 0.0514 e. The van der Waals surface area contributed by atoms with Gasteiger partial charge >= 0.3 is 0 Å². The monoisotopic (exact) mass is 335 g/mol. The Kier molecular flexibility index (Phi) is 4.73. The van der Waals surface area contributed by atoms with E-state index in [1.54, 1.807) is 12.5 Å². The van der Waals surface area contributed by atoms with Crippen LogP contribution in [0.3, 0.4) is 0 Å². The maximum atomic E-state index is 12.6. The number of benzene rings is 2. The summed E-state index contributed by atoms with van der Waals surface area (Å²) in [6.07, 6.45) is 3.46. The Morgan fingerprint density at radius 3 is 1.41 bits per heavy atom. The van der Waals surface area contributed by atoms with Gasteiger partial charge in [0.2, 0.25) is 0 Å². The van der Waals surface area contributed by atoms with Gasteiger partial charge in [0.1, 0.15) is 0 Å². The minimum Gasteiger partial charge on any atom is -0.249 e. The lowest BCUT2D eigenvalue weighted by molar-refractivity contribution is 0.684. The number of nitrogens with zero attached hydrogens (tertiary/aromatic N) is 1. The predicted octanol–water partition coefficient (Wildman–Crippen LogP) is 5.35. The lowest BCUT2D eigenvalue weighted by Crippen LogP contribution is -2.25. The first kappa shape index (κ1) is 17.1. The average molecular weight is 336 g/mol. The summed E-state index contributed by atoms with van der Waals surface area (Å²) in [5, 5.41) is 0. The predicted molar refractivity (Wildman–Crippen MR) is 99.2 cm³/mol. The van der Waals surface area contributed by atoms with E-state index >= 15 is 0 Å². The van der Waals surface area contributed by atoms with E-state index in [1.165, 1.54) is 0 Å². The lowest BCUT2D eigenvalue weighted by atomic mass is 10.3. The van der Waals surface area contributed by atoms with E-state index in [0.717, 1.165) is 9.79 Å². The van der Waals surface area contributed by atoms with Gasteiger partial charge in [0.25, 0.3) is 0 Å². The molecule has 2 nitrogen and oxygen atoms in total. The highest BCUT2D eigenvalue weighted by molar-refractivity contribution is 8.36. The molecule has 4 heteroatoms. The normalized spacial score (nSPS) is 13.7. The summed E-state index contributed by atoms with van der Waals surface area (Å²) in [7, 11) is -4.03. The fourth-order valence-electron chi connectivity index (χ4n) is 2.55. The molecular formula is C18H25NOS2. The van der Waals surface area contributed by atoms with Crippen LogP contribution in [0.2, 0.25) is 0 Å². The van der Waals surface area contributed by atoms with Crippen molar-refractivity contribution < 1.29 is 4.21 Å². The molecule has 22 heavy (non-hydrogen) atoms. The topological polar surface area (TPSA) is 29.4 Å². The summed E-state index contributed by atoms with van der Waals surface area (Å²) < 4.78 is 17.5. The van der Waals surface area contributed by atoms with Crippen LogP contribution in [0.5, 0.6) is 0 Å². The molecule has 0 saturated carbocycles. The van der Waals surface area contributed by atoms with E-state index in [-0.39, 0.29) is 4.75 Å². The van der Waals surface area contributed by atoms with E-state index in [0.29, 0.717) is 0 Å². The van der Waals surface area contributed by atoms with Gasteiger partial charge in [0, 0.05) is 27.0 Å². The Balaban J connectivity index is 2.92. The Labute approximate surface area is 136 Å². The van der Waals surface area contributed by atoms with Gasteiger partial charge in [-0.05, 0) is 24.3 Å². The molecule has 0 N–H and O–H groups in total. The molecule has 0 saturated heterocycles. The van der Waals surface area contributed by atoms with Crippen LogP contribution in [0.15, 0.2) is 74.2 Å². The molecule has 2 rings (SSSR count). The van der Waals surface area contributed by atoms with Gasteiger partial charge in [-0.2, -0.15) is 3.77 Å². The molecule has 0 aliphatic carbocycles. The zero-order valence-corrected chi connectivity index (χ0v) is 15.6. The highest BCUT2D eigenvalue weighted by atomic mass is 32.3. The molecular weight excluding hydrogens is 310 g/mol. The molecule has 0 spiro atoms. The SMILES string of the molecule is CC(C)(C)S(N=S(C)(C)=O)(c1ccccc1)c1ccccc1. The molecule has 0 heterocycles. The average Bonchev–Trinajstić information content (AvgIpc) is 2.44. The van der Waals surface area contributed by atoms with Crippen molar-refractivity contribution in [1.82, 2.24) is 0 Å². The largest absolute Gasteiger partial charge is 0.249 e. The van der Waals surface area contributed by atoms with Gasteiger partial charge in [-0.3, -0.25) is 0 Å². The van der Waals surface area contributed by atoms with Crippen LogP contribution in [0.1, 0.15) is 20.8 Å². The minimum atomic E-state index is -2.25. The maximum Gasteiger partial charge on any atom is 0.0514 e. The van der Waals surface area contributed by atoms with Crippen molar-refractivity contribution in [1.29, 1.82) is 0 Å². The molecule has 0 aliphatic rings. The summed E-state index contributed by atoms with van der Waals surface area (Å²) in [6, 6.07) is 20.6. The molecule has 0 bridgehead atoms. The van der Waals surface area contributed by atoms with Gasteiger partial charge in [-0.25, -0.2) is 4.21 Å². The lowest BCUT2D eigenvalue weighted by Gasteiger charge is -2.47. The fraction of sp³-hybridized carbons (Fsp3) is 0.333. The summed E-state index contributed by atoms with van der Waals surface area (Å²) in [5.74, 6) is 0. The van der Waals surface area contributed by atoms with E-state index in [2.05, 4.69) is 45.0 Å². The highest BCUT2D eigenvalue weighted by Gasteiger charge is 2.40. The zero-order chi connectivity index (χ0) is 16.4. The van der Waals surface area contributed by atoms with Crippen LogP contribution in [0.25, 0.3) is 0 Å². The molecule has 0 unspecified atom stereocenters. The van der Waals surface area contributed by atoms with Crippen molar-refractivity contribution in [3.05, 3.63) is 60.7 Å². The second-order valence-electron chi connectivity index (χ2n) is 6.57. The van der Waals surface area contributed by atoms with Crippen molar-refractivity contribution in [3.8, 4) is 0 Å². The quantitative estimate of drug-likeness (QED) is 0.743. The van der Waals surface area contributed by atoms with Crippen LogP contribution in [-0.4, -0.2) is 21.5 Å². The molecule has 2 aromatic carbocycles. The molecule has 0 atom stereocenters. The second kappa shape index (κ2) is 6.09. The van der Waals surface area contributed by atoms with Crippen molar-refractivity contribution in [2.45, 2.75) is 35.3 Å². The Hall–Kier alpha value is -1.26. The van der Waals surface area contributed by atoms with Crippen LogP contribution in [-0.2, 0) is 9.73 Å². The molecule has 0 amide bonds. The van der Waals surface area contributed by atoms with Gasteiger partial charge in [0.05, 0.1) is 9.73 Å². The van der Waals surface area contributed by atoms with Crippen LogP contribution in [0, 0.1) is 0 Å². The molecule has 0 aromatic heterocycles. The Morgan fingerprint density at radius 2 is 1.14 bits per heavy atom. The van der Waals surface area contributed by atoms with Crippen molar-refractivity contribution in [2.24, 2.45) is 3.77 Å². The van der Waals surface area contributed by atoms with Crippen LogP contribution >= 0.6 is 10.2 Å².